The third-order valence-electron chi connectivity index (χ3n) is 4.59. The van der Waals surface area contributed by atoms with Gasteiger partial charge in [-0.05, 0) is 29.8 Å². The molecular weight excluding hydrogens is 362 g/mol. The van der Waals surface area contributed by atoms with Gasteiger partial charge in [-0.2, -0.15) is 0 Å². The van der Waals surface area contributed by atoms with Crippen molar-refractivity contribution in [3.8, 4) is 5.75 Å². The Morgan fingerprint density at radius 3 is 2.46 bits per heavy atom. The number of carbonyl (C=O) groups excluding carboxylic acids is 3. The molecule has 1 atom stereocenters. The van der Waals surface area contributed by atoms with Crippen LogP contribution in [0, 0.1) is 5.92 Å². The average molecular weight is 383 g/mol. The Hall–Kier alpha value is -3.35. The number of methoxy groups -OCH3 is 2. The highest BCUT2D eigenvalue weighted by Crippen LogP contribution is 2.33. The van der Waals surface area contributed by atoms with Gasteiger partial charge in [0, 0.05) is 13.0 Å². The lowest BCUT2D eigenvalue weighted by molar-refractivity contribution is -0.149. The second-order valence-corrected chi connectivity index (χ2v) is 6.37. The fourth-order valence-electron chi connectivity index (χ4n) is 3.08. The quantitative estimate of drug-likeness (QED) is 0.713. The van der Waals surface area contributed by atoms with E-state index >= 15 is 0 Å². The number of hydrogen-bond acceptors (Lipinski definition) is 6. The van der Waals surface area contributed by atoms with Crippen LogP contribution in [0.2, 0.25) is 0 Å². The zero-order chi connectivity index (χ0) is 20.1. The Labute approximate surface area is 162 Å². The van der Waals surface area contributed by atoms with Crippen molar-refractivity contribution in [1.29, 1.82) is 0 Å². The first kappa shape index (κ1) is 19.4. The molecule has 3 rings (SSSR count). The molecule has 1 saturated heterocycles. The van der Waals surface area contributed by atoms with Gasteiger partial charge in [0.25, 0.3) is 0 Å². The summed E-state index contributed by atoms with van der Waals surface area (Å²) in [6.07, 6.45) is 0.0954. The number of amides is 1. The topological polar surface area (TPSA) is 82.1 Å². The highest BCUT2D eigenvalue weighted by Gasteiger charge is 2.37. The minimum absolute atomic E-state index is 0.0691. The molecule has 1 aliphatic heterocycles. The number of benzene rings is 2. The third kappa shape index (κ3) is 4.14. The zero-order valence-electron chi connectivity index (χ0n) is 15.7. The molecule has 2 aromatic rings. The summed E-state index contributed by atoms with van der Waals surface area (Å²) in [5.74, 6) is -0.955. The van der Waals surface area contributed by atoms with Gasteiger partial charge in [-0.25, -0.2) is 4.79 Å². The van der Waals surface area contributed by atoms with Gasteiger partial charge in [0.1, 0.15) is 12.4 Å². The minimum atomic E-state index is -0.535. The fourth-order valence-corrected chi connectivity index (χ4v) is 3.08. The number of esters is 2. The smallest absolute Gasteiger partial charge is 0.337 e. The summed E-state index contributed by atoms with van der Waals surface area (Å²) < 4.78 is 15.3. The summed E-state index contributed by atoms with van der Waals surface area (Å²) in [5.41, 5.74) is 1.81. The molecule has 1 heterocycles. The Kier molecular flexibility index (Phi) is 5.93. The van der Waals surface area contributed by atoms with Crippen LogP contribution in [0.15, 0.2) is 48.5 Å². The molecular formula is C21H21NO6. The molecule has 0 radical (unpaired) electrons. The summed E-state index contributed by atoms with van der Waals surface area (Å²) in [5, 5.41) is 0. The lowest BCUT2D eigenvalue weighted by atomic mass is 10.1. The zero-order valence-corrected chi connectivity index (χ0v) is 15.7. The van der Waals surface area contributed by atoms with Gasteiger partial charge >= 0.3 is 11.9 Å². The van der Waals surface area contributed by atoms with Crippen LogP contribution in [0.3, 0.4) is 0 Å². The van der Waals surface area contributed by atoms with E-state index in [1.54, 1.807) is 41.3 Å². The molecule has 0 aromatic heterocycles. The van der Waals surface area contributed by atoms with E-state index in [-0.39, 0.29) is 25.5 Å². The highest BCUT2D eigenvalue weighted by atomic mass is 16.5. The molecule has 1 amide bonds. The van der Waals surface area contributed by atoms with Crippen LogP contribution in [-0.2, 0) is 25.7 Å². The van der Waals surface area contributed by atoms with Crippen molar-refractivity contribution in [2.45, 2.75) is 13.0 Å². The molecule has 1 fully saturated rings. The Morgan fingerprint density at radius 2 is 1.79 bits per heavy atom. The van der Waals surface area contributed by atoms with Gasteiger partial charge in [-0.1, -0.05) is 24.3 Å². The third-order valence-corrected chi connectivity index (χ3v) is 4.59. The van der Waals surface area contributed by atoms with Gasteiger partial charge in [-0.3, -0.25) is 9.59 Å². The van der Waals surface area contributed by atoms with Gasteiger partial charge in [0.2, 0.25) is 5.91 Å². The summed E-state index contributed by atoms with van der Waals surface area (Å²) in [6, 6.07) is 13.8. The average Bonchev–Trinajstić information content (AvgIpc) is 3.13. The van der Waals surface area contributed by atoms with Crippen LogP contribution >= 0.6 is 0 Å². The van der Waals surface area contributed by atoms with Crippen molar-refractivity contribution in [3.63, 3.8) is 0 Å². The molecule has 0 N–H and O–H groups in total. The lowest BCUT2D eigenvalue weighted by Crippen LogP contribution is -2.26. The Morgan fingerprint density at radius 1 is 1.07 bits per heavy atom. The van der Waals surface area contributed by atoms with Gasteiger partial charge in [0.15, 0.2) is 0 Å². The van der Waals surface area contributed by atoms with Gasteiger partial charge < -0.3 is 19.1 Å². The first-order chi connectivity index (χ1) is 13.5. The van der Waals surface area contributed by atoms with Crippen LogP contribution in [0.25, 0.3) is 0 Å². The number of para-hydroxylation sites is 2. The van der Waals surface area contributed by atoms with Crippen LogP contribution in [0.5, 0.6) is 5.75 Å². The monoisotopic (exact) mass is 383 g/mol. The van der Waals surface area contributed by atoms with E-state index in [1.165, 1.54) is 14.2 Å². The summed E-state index contributed by atoms with van der Waals surface area (Å²) in [4.78, 5) is 37.8. The Balaban J connectivity index is 1.60. The van der Waals surface area contributed by atoms with E-state index in [0.29, 0.717) is 17.0 Å². The molecule has 0 bridgehead atoms. The van der Waals surface area contributed by atoms with Crippen molar-refractivity contribution in [2.24, 2.45) is 5.92 Å². The molecule has 1 aliphatic rings. The fraction of sp³-hybridized carbons (Fsp3) is 0.286. The number of carbonyl (C=O) groups is 3. The van der Waals surface area contributed by atoms with Crippen LogP contribution in [0.1, 0.15) is 22.3 Å². The molecule has 7 nitrogen and oxygen atoms in total. The van der Waals surface area contributed by atoms with E-state index in [4.69, 9.17) is 9.47 Å². The van der Waals surface area contributed by atoms with Crippen molar-refractivity contribution in [3.05, 3.63) is 59.7 Å². The first-order valence-electron chi connectivity index (χ1n) is 8.80. The summed E-state index contributed by atoms with van der Waals surface area (Å²) in [7, 11) is 2.85. The molecule has 7 heteroatoms. The number of ether oxygens (including phenoxy) is 3. The highest BCUT2D eigenvalue weighted by molar-refractivity contribution is 6.00. The predicted octanol–water partition coefficient (Wildman–Crippen LogP) is 2.58. The lowest BCUT2D eigenvalue weighted by Gasteiger charge is -2.19. The van der Waals surface area contributed by atoms with Crippen LogP contribution in [-0.4, -0.2) is 38.6 Å². The van der Waals surface area contributed by atoms with E-state index in [1.807, 2.05) is 12.1 Å². The van der Waals surface area contributed by atoms with Crippen LogP contribution in [0.4, 0.5) is 5.69 Å². The second kappa shape index (κ2) is 8.56. The van der Waals surface area contributed by atoms with Crippen molar-refractivity contribution in [1.82, 2.24) is 0 Å². The molecule has 0 aliphatic carbocycles. The van der Waals surface area contributed by atoms with Crippen molar-refractivity contribution in [2.75, 3.05) is 25.7 Å². The SMILES string of the molecule is COC(=O)c1ccc(COC(=O)[C@H]2CC(=O)N(c3ccccc3OC)C2)cc1. The van der Waals surface area contributed by atoms with Crippen LogP contribution < -0.4 is 9.64 Å². The summed E-state index contributed by atoms with van der Waals surface area (Å²) >= 11 is 0. The maximum atomic E-state index is 12.4. The van der Waals surface area contributed by atoms with E-state index in [9.17, 15) is 14.4 Å². The van der Waals surface area contributed by atoms with Gasteiger partial charge in [-0.15, -0.1) is 0 Å². The largest absolute Gasteiger partial charge is 0.495 e. The number of hydrogen-bond donors (Lipinski definition) is 0. The predicted molar refractivity (Wildman–Crippen MR) is 101 cm³/mol. The second-order valence-electron chi connectivity index (χ2n) is 6.37. The molecule has 0 unspecified atom stereocenters. The molecule has 2 aromatic carbocycles. The number of nitrogens with zero attached hydrogens (tertiary/aromatic N) is 1. The maximum Gasteiger partial charge on any atom is 0.337 e. The van der Waals surface area contributed by atoms with Gasteiger partial charge in [0.05, 0.1) is 31.4 Å². The van der Waals surface area contributed by atoms with E-state index in [0.717, 1.165) is 5.56 Å². The van der Waals surface area contributed by atoms with Crippen molar-refractivity contribution < 1.29 is 28.6 Å². The maximum absolute atomic E-state index is 12.4. The summed E-state index contributed by atoms with van der Waals surface area (Å²) in [6.45, 7) is 0.318. The van der Waals surface area contributed by atoms with E-state index < -0.39 is 17.9 Å². The molecule has 0 spiro atoms. The molecule has 146 valence electrons. The standard InChI is InChI=1S/C21H21NO6/c1-26-18-6-4-3-5-17(18)22-12-16(11-19(22)23)21(25)28-13-14-7-9-15(10-8-14)20(24)27-2/h3-10,16H,11-13H2,1-2H3/t16-/m0/s1. The number of rotatable bonds is 6. The van der Waals surface area contributed by atoms with Crippen molar-refractivity contribution >= 4 is 23.5 Å². The first-order valence-corrected chi connectivity index (χ1v) is 8.80. The molecule has 0 saturated carbocycles. The van der Waals surface area contributed by atoms with E-state index in [2.05, 4.69) is 4.74 Å². The minimum Gasteiger partial charge on any atom is -0.495 e. The molecule has 28 heavy (non-hydrogen) atoms. The number of anilines is 1. The Bertz CT molecular complexity index is 877. The normalized spacial score (nSPS) is 16.0.